The zero-order valence-electron chi connectivity index (χ0n) is 17.6. The highest BCUT2D eigenvalue weighted by Crippen LogP contribution is 2.43. The second-order valence-corrected chi connectivity index (χ2v) is 10.4. The Labute approximate surface area is 177 Å². The normalized spacial score (nSPS) is 15.7. The van der Waals surface area contributed by atoms with Gasteiger partial charge in [-0.1, -0.05) is 38.0 Å². The fourth-order valence-corrected chi connectivity index (χ4v) is 5.40. The van der Waals surface area contributed by atoms with Gasteiger partial charge in [0.05, 0.1) is 33.4 Å². The topological polar surface area (TPSA) is 72.3 Å². The Morgan fingerprint density at radius 2 is 1.80 bits per heavy atom. The molecular formula is C23H27N3O3S. The quantitative estimate of drug-likeness (QED) is 0.530. The van der Waals surface area contributed by atoms with Crippen LogP contribution in [0.15, 0.2) is 53.7 Å². The van der Waals surface area contributed by atoms with Crippen molar-refractivity contribution in [3.63, 3.8) is 0 Å². The van der Waals surface area contributed by atoms with E-state index in [4.69, 9.17) is 0 Å². The first-order chi connectivity index (χ1) is 14.3. The number of benzene rings is 2. The number of unbranched alkanes of at least 4 members (excludes halogenated alkanes) is 2. The highest BCUT2D eigenvalue weighted by Gasteiger charge is 2.44. The molecule has 0 aliphatic carbocycles. The zero-order valence-corrected chi connectivity index (χ0v) is 18.4. The van der Waals surface area contributed by atoms with Gasteiger partial charge in [0.1, 0.15) is 5.88 Å². The van der Waals surface area contributed by atoms with Crippen LogP contribution in [0.2, 0.25) is 0 Å². The summed E-state index contributed by atoms with van der Waals surface area (Å²) in [6.07, 6.45) is 4.70. The molecule has 0 radical (unpaired) electrons. The highest BCUT2D eigenvalue weighted by atomic mass is 32.2. The number of anilines is 1. The van der Waals surface area contributed by atoms with E-state index >= 15 is 0 Å². The lowest BCUT2D eigenvalue weighted by Gasteiger charge is -2.20. The standard InChI is InChI=1S/C23H27N3O3S/c1-4-5-9-12-26-20-14-19-21(13-18(20)23(2,3)22(26)27)25(15-24-19)16-30(28,29)17-10-7-6-8-11-17/h6-8,10-11,13-15H,4-5,9,12,16H2,1-3H3. The highest BCUT2D eigenvalue weighted by molar-refractivity contribution is 7.90. The summed E-state index contributed by atoms with van der Waals surface area (Å²) in [5.74, 6) is -0.106. The molecule has 0 saturated carbocycles. The number of carbonyl (C=O) groups is 1. The van der Waals surface area contributed by atoms with Crippen LogP contribution in [0.1, 0.15) is 45.6 Å². The van der Waals surface area contributed by atoms with Crippen molar-refractivity contribution in [3.8, 4) is 0 Å². The van der Waals surface area contributed by atoms with Crippen LogP contribution in [0.3, 0.4) is 0 Å². The van der Waals surface area contributed by atoms with E-state index in [1.165, 1.54) is 0 Å². The summed E-state index contributed by atoms with van der Waals surface area (Å²) < 4.78 is 27.3. The Bertz CT molecular complexity index is 1200. The second-order valence-electron chi connectivity index (χ2n) is 8.42. The lowest BCUT2D eigenvalue weighted by atomic mass is 9.86. The Balaban J connectivity index is 1.74. The Kier molecular flexibility index (Phi) is 5.18. The number of rotatable bonds is 7. The second kappa shape index (κ2) is 7.54. The van der Waals surface area contributed by atoms with Gasteiger partial charge in [0, 0.05) is 6.54 Å². The van der Waals surface area contributed by atoms with E-state index in [-0.39, 0.29) is 16.7 Å². The number of aromatic nitrogens is 2. The molecule has 1 aromatic heterocycles. The molecule has 158 valence electrons. The van der Waals surface area contributed by atoms with Crippen molar-refractivity contribution in [3.05, 3.63) is 54.4 Å². The summed E-state index contributed by atoms with van der Waals surface area (Å²) in [6.45, 7) is 6.70. The van der Waals surface area contributed by atoms with E-state index in [0.29, 0.717) is 12.1 Å². The lowest BCUT2D eigenvalue weighted by molar-refractivity contribution is -0.122. The average Bonchev–Trinajstić information content (AvgIpc) is 3.19. The first-order valence-electron chi connectivity index (χ1n) is 10.3. The van der Waals surface area contributed by atoms with Crippen molar-refractivity contribution in [2.75, 3.05) is 11.4 Å². The predicted octanol–water partition coefficient (Wildman–Crippen LogP) is 4.28. The van der Waals surface area contributed by atoms with E-state index in [1.54, 1.807) is 41.2 Å². The van der Waals surface area contributed by atoms with Gasteiger partial charge in [-0.3, -0.25) is 4.79 Å². The number of imidazole rings is 1. The first kappa shape index (κ1) is 20.6. The average molecular weight is 426 g/mol. The van der Waals surface area contributed by atoms with Gasteiger partial charge in [-0.15, -0.1) is 0 Å². The molecule has 2 aromatic carbocycles. The maximum absolute atomic E-state index is 13.1. The summed E-state index contributed by atoms with van der Waals surface area (Å²) in [6, 6.07) is 12.3. The molecule has 0 unspecified atom stereocenters. The van der Waals surface area contributed by atoms with Crippen LogP contribution in [-0.4, -0.2) is 30.4 Å². The number of amides is 1. The number of hydrogen-bond acceptors (Lipinski definition) is 4. The molecule has 4 rings (SSSR count). The van der Waals surface area contributed by atoms with Gasteiger partial charge < -0.3 is 9.47 Å². The SMILES string of the molecule is CCCCCN1C(=O)C(C)(C)c2cc3c(cc21)ncn3CS(=O)(=O)c1ccccc1. The number of carbonyl (C=O) groups excluding carboxylic acids is 1. The molecule has 2 heterocycles. The number of nitrogens with zero attached hydrogens (tertiary/aromatic N) is 3. The van der Waals surface area contributed by atoms with Crippen LogP contribution in [-0.2, 0) is 25.9 Å². The summed E-state index contributed by atoms with van der Waals surface area (Å²) in [4.78, 5) is 19.7. The molecule has 30 heavy (non-hydrogen) atoms. The molecule has 0 spiro atoms. The van der Waals surface area contributed by atoms with Crippen molar-refractivity contribution < 1.29 is 13.2 Å². The smallest absolute Gasteiger partial charge is 0.237 e. The first-order valence-corrected chi connectivity index (χ1v) is 12.0. The van der Waals surface area contributed by atoms with Gasteiger partial charge in [0.2, 0.25) is 5.91 Å². The maximum Gasteiger partial charge on any atom is 0.237 e. The summed E-state index contributed by atoms with van der Waals surface area (Å²) in [5.41, 5.74) is 2.59. The molecule has 6 nitrogen and oxygen atoms in total. The number of sulfone groups is 1. The number of hydrogen-bond donors (Lipinski definition) is 0. The van der Waals surface area contributed by atoms with Gasteiger partial charge in [-0.05, 0) is 50.1 Å². The fourth-order valence-electron chi connectivity index (χ4n) is 4.11. The maximum atomic E-state index is 13.1. The zero-order chi connectivity index (χ0) is 21.5. The fraction of sp³-hybridized carbons (Fsp3) is 0.391. The molecule has 0 atom stereocenters. The molecule has 0 fully saturated rings. The molecule has 0 N–H and O–H groups in total. The Morgan fingerprint density at radius 3 is 2.50 bits per heavy atom. The monoisotopic (exact) mass is 425 g/mol. The molecule has 0 bridgehead atoms. The Hall–Kier alpha value is -2.67. The van der Waals surface area contributed by atoms with E-state index in [1.807, 2.05) is 30.9 Å². The molecule has 3 aromatic rings. The minimum atomic E-state index is -3.51. The van der Waals surface area contributed by atoms with E-state index in [9.17, 15) is 13.2 Å². The van der Waals surface area contributed by atoms with Gasteiger partial charge in [0.25, 0.3) is 0 Å². The van der Waals surface area contributed by atoms with Crippen LogP contribution < -0.4 is 4.90 Å². The number of fused-ring (bicyclic) bond motifs is 2. The summed E-state index contributed by atoms with van der Waals surface area (Å²) in [5, 5.41) is 0. The minimum Gasteiger partial charge on any atom is -0.315 e. The third kappa shape index (κ3) is 3.41. The summed E-state index contributed by atoms with van der Waals surface area (Å²) in [7, 11) is -3.51. The van der Waals surface area contributed by atoms with Crippen molar-refractivity contribution in [1.29, 1.82) is 0 Å². The van der Waals surface area contributed by atoms with Gasteiger partial charge in [-0.2, -0.15) is 0 Å². The molecule has 1 aliphatic rings. The van der Waals surface area contributed by atoms with Crippen LogP contribution in [0, 0.1) is 0 Å². The molecule has 7 heteroatoms. The third-order valence-corrected chi connectivity index (χ3v) is 7.49. The molecule has 1 aliphatic heterocycles. The van der Waals surface area contributed by atoms with Crippen molar-refractivity contribution >= 4 is 32.5 Å². The largest absolute Gasteiger partial charge is 0.315 e. The van der Waals surface area contributed by atoms with Gasteiger partial charge in [0.15, 0.2) is 9.84 Å². The van der Waals surface area contributed by atoms with E-state index < -0.39 is 15.3 Å². The van der Waals surface area contributed by atoms with Crippen molar-refractivity contribution in [2.45, 2.75) is 56.2 Å². The van der Waals surface area contributed by atoms with Gasteiger partial charge >= 0.3 is 0 Å². The van der Waals surface area contributed by atoms with E-state index in [2.05, 4.69) is 11.9 Å². The van der Waals surface area contributed by atoms with Crippen molar-refractivity contribution in [2.24, 2.45) is 0 Å². The molecule has 0 saturated heterocycles. The van der Waals surface area contributed by atoms with Crippen LogP contribution in [0.25, 0.3) is 11.0 Å². The summed E-state index contributed by atoms with van der Waals surface area (Å²) >= 11 is 0. The van der Waals surface area contributed by atoms with Crippen LogP contribution in [0.4, 0.5) is 5.69 Å². The van der Waals surface area contributed by atoms with Crippen molar-refractivity contribution in [1.82, 2.24) is 9.55 Å². The molecule has 1 amide bonds. The van der Waals surface area contributed by atoms with Crippen LogP contribution in [0.5, 0.6) is 0 Å². The lowest BCUT2D eigenvalue weighted by Crippen LogP contribution is -2.36. The predicted molar refractivity (Wildman–Crippen MR) is 118 cm³/mol. The van der Waals surface area contributed by atoms with E-state index in [0.717, 1.165) is 36.0 Å². The third-order valence-electron chi connectivity index (χ3n) is 5.88. The molecular weight excluding hydrogens is 398 g/mol. The van der Waals surface area contributed by atoms with Gasteiger partial charge in [-0.25, -0.2) is 13.4 Å². The minimum absolute atomic E-state index is 0.0877. The Morgan fingerprint density at radius 1 is 1.07 bits per heavy atom. The van der Waals surface area contributed by atoms with Crippen LogP contribution >= 0.6 is 0 Å².